The van der Waals surface area contributed by atoms with Crippen LogP contribution in [0.25, 0.3) is 0 Å². The first-order chi connectivity index (χ1) is 7.13. The third kappa shape index (κ3) is 2.93. The number of benzene rings is 1. The first-order valence-corrected chi connectivity index (χ1v) is 5.68. The van der Waals surface area contributed by atoms with Crippen molar-refractivity contribution in [2.45, 2.75) is 19.9 Å². The number of hydrogen-bond acceptors (Lipinski definition) is 1. The molecule has 1 unspecified atom stereocenters. The summed E-state index contributed by atoms with van der Waals surface area (Å²) in [7, 11) is 0. The molecule has 0 aromatic heterocycles. The highest BCUT2D eigenvalue weighted by atomic mass is 35.5. The normalized spacial score (nSPS) is 22.2. The molecule has 1 aromatic carbocycles. The molecule has 0 amide bonds. The maximum Gasteiger partial charge on any atom is 0.125 e. The van der Waals surface area contributed by atoms with E-state index in [2.05, 4.69) is 11.8 Å². The maximum absolute atomic E-state index is 13.1. The second kappa shape index (κ2) is 4.50. The topological polar surface area (TPSA) is 3.24 Å². The van der Waals surface area contributed by atoms with Gasteiger partial charge in [-0.25, -0.2) is 4.39 Å². The molecule has 82 valence electrons. The van der Waals surface area contributed by atoms with E-state index in [1.54, 1.807) is 6.07 Å². The Morgan fingerprint density at radius 3 is 2.87 bits per heavy atom. The molecular formula is C12H15ClFN. The molecular weight excluding hydrogens is 213 g/mol. The second-order valence-electron chi connectivity index (χ2n) is 4.41. The quantitative estimate of drug-likeness (QED) is 0.749. The Morgan fingerprint density at radius 1 is 1.47 bits per heavy atom. The highest BCUT2D eigenvalue weighted by Gasteiger charge is 2.18. The smallest absolute Gasteiger partial charge is 0.125 e. The average Bonchev–Trinajstić information content (AvgIpc) is 2.49. The number of halogens is 2. The van der Waals surface area contributed by atoms with Gasteiger partial charge in [0, 0.05) is 18.1 Å². The van der Waals surface area contributed by atoms with Crippen LogP contribution in [0.5, 0.6) is 0 Å². The summed E-state index contributed by atoms with van der Waals surface area (Å²) in [5.41, 5.74) is 0.967. The predicted octanol–water partition coefficient (Wildman–Crippen LogP) is 3.32. The van der Waals surface area contributed by atoms with Crippen molar-refractivity contribution in [3.05, 3.63) is 34.6 Å². The number of nitrogens with zero attached hydrogens (tertiary/aromatic N) is 1. The van der Waals surface area contributed by atoms with E-state index in [1.165, 1.54) is 12.5 Å². The summed E-state index contributed by atoms with van der Waals surface area (Å²) in [6.45, 7) is 5.27. The first-order valence-electron chi connectivity index (χ1n) is 5.31. The van der Waals surface area contributed by atoms with Gasteiger partial charge in [0.05, 0.1) is 0 Å². The summed E-state index contributed by atoms with van der Waals surface area (Å²) < 4.78 is 13.1. The van der Waals surface area contributed by atoms with Gasteiger partial charge in [0.2, 0.25) is 0 Å². The molecule has 1 aromatic rings. The molecule has 0 aliphatic carbocycles. The number of likely N-dealkylation sites (tertiary alicyclic amines) is 1. The van der Waals surface area contributed by atoms with Gasteiger partial charge in [-0.2, -0.15) is 0 Å². The van der Waals surface area contributed by atoms with Crippen molar-refractivity contribution < 1.29 is 4.39 Å². The van der Waals surface area contributed by atoms with Crippen molar-refractivity contribution in [3.8, 4) is 0 Å². The summed E-state index contributed by atoms with van der Waals surface area (Å²) in [5.74, 6) is 0.513. The highest BCUT2D eigenvalue weighted by molar-refractivity contribution is 6.30. The van der Waals surface area contributed by atoms with Crippen LogP contribution in [-0.4, -0.2) is 18.0 Å². The molecule has 0 radical (unpaired) electrons. The van der Waals surface area contributed by atoms with Crippen LogP contribution in [0.4, 0.5) is 4.39 Å². The van der Waals surface area contributed by atoms with E-state index in [4.69, 9.17) is 11.6 Å². The molecule has 1 heterocycles. The van der Waals surface area contributed by atoms with Gasteiger partial charge in [-0.3, -0.25) is 4.90 Å². The predicted molar refractivity (Wildman–Crippen MR) is 60.5 cm³/mol. The largest absolute Gasteiger partial charge is 0.299 e. The first kappa shape index (κ1) is 10.9. The molecule has 1 saturated heterocycles. The van der Waals surface area contributed by atoms with E-state index in [-0.39, 0.29) is 5.82 Å². The average molecular weight is 228 g/mol. The fourth-order valence-corrected chi connectivity index (χ4v) is 2.37. The highest BCUT2D eigenvalue weighted by Crippen LogP contribution is 2.20. The zero-order valence-corrected chi connectivity index (χ0v) is 9.60. The van der Waals surface area contributed by atoms with Crippen LogP contribution in [-0.2, 0) is 6.54 Å². The SMILES string of the molecule is CC1CCN(Cc2cc(F)cc(Cl)c2)C1. The van der Waals surface area contributed by atoms with Gasteiger partial charge in [0.1, 0.15) is 5.82 Å². The fourth-order valence-electron chi connectivity index (χ4n) is 2.13. The van der Waals surface area contributed by atoms with E-state index in [1.807, 2.05) is 6.07 Å². The van der Waals surface area contributed by atoms with Gasteiger partial charge in [0.25, 0.3) is 0 Å². The van der Waals surface area contributed by atoms with Crippen LogP contribution in [0.1, 0.15) is 18.9 Å². The summed E-state index contributed by atoms with van der Waals surface area (Å²) in [5, 5.41) is 0.484. The molecule has 1 aliphatic heterocycles. The molecule has 1 atom stereocenters. The zero-order valence-electron chi connectivity index (χ0n) is 8.84. The maximum atomic E-state index is 13.1. The lowest BCUT2D eigenvalue weighted by Gasteiger charge is -2.15. The van der Waals surface area contributed by atoms with Gasteiger partial charge in [-0.05, 0) is 42.6 Å². The second-order valence-corrected chi connectivity index (χ2v) is 4.84. The van der Waals surface area contributed by atoms with Crippen molar-refractivity contribution in [1.29, 1.82) is 0 Å². The third-order valence-corrected chi connectivity index (χ3v) is 3.05. The minimum atomic E-state index is -0.246. The fraction of sp³-hybridized carbons (Fsp3) is 0.500. The molecule has 1 aliphatic rings. The third-order valence-electron chi connectivity index (χ3n) is 2.84. The Hall–Kier alpha value is -0.600. The van der Waals surface area contributed by atoms with Crippen molar-refractivity contribution in [2.24, 2.45) is 5.92 Å². The Balaban J connectivity index is 2.04. The van der Waals surface area contributed by atoms with Gasteiger partial charge in [0.15, 0.2) is 0 Å². The van der Waals surface area contributed by atoms with Crippen LogP contribution >= 0.6 is 11.6 Å². The van der Waals surface area contributed by atoms with Gasteiger partial charge in [-0.15, -0.1) is 0 Å². The lowest BCUT2D eigenvalue weighted by Crippen LogP contribution is -2.19. The van der Waals surface area contributed by atoms with Crippen LogP contribution in [0.15, 0.2) is 18.2 Å². The number of rotatable bonds is 2. The Kier molecular flexibility index (Phi) is 3.27. The zero-order chi connectivity index (χ0) is 10.8. The molecule has 0 N–H and O–H groups in total. The summed E-state index contributed by atoms with van der Waals surface area (Å²) >= 11 is 5.81. The van der Waals surface area contributed by atoms with Crippen molar-refractivity contribution in [3.63, 3.8) is 0 Å². The van der Waals surface area contributed by atoms with Crippen molar-refractivity contribution >= 4 is 11.6 Å². The Morgan fingerprint density at radius 2 is 2.27 bits per heavy atom. The molecule has 15 heavy (non-hydrogen) atoms. The number of hydrogen-bond donors (Lipinski definition) is 0. The molecule has 1 nitrogen and oxygen atoms in total. The molecule has 0 bridgehead atoms. The van der Waals surface area contributed by atoms with E-state index in [9.17, 15) is 4.39 Å². The lowest BCUT2D eigenvalue weighted by atomic mass is 10.2. The minimum absolute atomic E-state index is 0.246. The van der Waals surface area contributed by atoms with E-state index in [0.29, 0.717) is 5.02 Å². The van der Waals surface area contributed by atoms with Crippen LogP contribution in [0.3, 0.4) is 0 Å². The summed E-state index contributed by atoms with van der Waals surface area (Å²) in [6.07, 6.45) is 1.24. The Bertz CT molecular complexity index is 333. The van der Waals surface area contributed by atoms with Crippen LogP contribution in [0.2, 0.25) is 5.02 Å². The Labute approximate surface area is 94.8 Å². The molecule has 2 rings (SSSR count). The van der Waals surface area contributed by atoms with E-state index in [0.717, 1.165) is 31.1 Å². The van der Waals surface area contributed by atoms with Crippen LogP contribution < -0.4 is 0 Å². The van der Waals surface area contributed by atoms with E-state index < -0.39 is 0 Å². The van der Waals surface area contributed by atoms with Gasteiger partial charge in [-0.1, -0.05) is 18.5 Å². The van der Waals surface area contributed by atoms with Crippen molar-refractivity contribution in [1.82, 2.24) is 4.90 Å². The molecule has 3 heteroatoms. The van der Waals surface area contributed by atoms with Crippen LogP contribution in [0, 0.1) is 11.7 Å². The summed E-state index contributed by atoms with van der Waals surface area (Å²) in [4.78, 5) is 2.34. The molecule has 1 fully saturated rings. The monoisotopic (exact) mass is 227 g/mol. The minimum Gasteiger partial charge on any atom is -0.299 e. The standard InChI is InChI=1S/C12H15ClFN/c1-9-2-3-15(7-9)8-10-4-11(13)6-12(14)5-10/h4-6,9H,2-3,7-8H2,1H3. The molecule has 0 spiro atoms. The van der Waals surface area contributed by atoms with E-state index >= 15 is 0 Å². The lowest BCUT2D eigenvalue weighted by molar-refractivity contribution is 0.320. The van der Waals surface area contributed by atoms with Gasteiger partial charge >= 0.3 is 0 Å². The molecule has 0 saturated carbocycles. The summed E-state index contributed by atoms with van der Waals surface area (Å²) in [6, 6.07) is 4.75. The van der Waals surface area contributed by atoms with Crippen molar-refractivity contribution in [2.75, 3.05) is 13.1 Å². The van der Waals surface area contributed by atoms with Gasteiger partial charge < -0.3 is 0 Å².